The van der Waals surface area contributed by atoms with Crippen LogP contribution in [0, 0.1) is 5.92 Å². The summed E-state index contributed by atoms with van der Waals surface area (Å²) in [6.45, 7) is 2.90. The second-order valence-corrected chi connectivity index (χ2v) is 5.43. The lowest BCUT2D eigenvalue weighted by Gasteiger charge is -2.38. The fraction of sp³-hybridized carbons (Fsp3) is 1.00. The van der Waals surface area contributed by atoms with Crippen LogP contribution in [-0.4, -0.2) is 23.4 Å². The molecule has 0 radical (unpaired) electrons. The minimum Gasteiger partial charge on any atom is -0.390 e. The summed E-state index contributed by atoms with van der Waals surface area (Å²) in [6, 6.07) is 0. The Labute approximate surface area is 93.0 Å². The molecule has 1 aliphatic carbocycles. The third-order valence-corrected chi connectivity index (χ3v) is 4.13. The smallest absolute Gasteiger partial charge is 0.0697 e. The molecule has 0 aromatic carbocycles. The fourth-order valence-corrected chi connectivity index (χ4v) is 3.20. The zero-order chi connectivity index (χ0) is 10.7. The Morgan fingerprint density at radius 2 is 2.07 bits per heavy atom. The molecule has 1 aliphatic heterocycles. The van der Waals surface area contributed by atoms with Crippen molar-refractivity contribution < 1.29 is 9.84 Å². The molecule has 15 heavy (non-hydrogen) atoms. The molecule has 2 atom stereocenters. The number of hydrogen-bond donors (Lipinski definition) is 1. The lowest BCUT2D eigenvalue weighted by atomic mass is 9.81. The van der Waals surface area contributed by atoms with Crippen LogP contribution in [-0.2, 0) is 4.74 Å². The molecule has 88 valence electrons. The molecule has 1 saturated carbocycles. The monoisotopic (exact) mass is 212 g/mol. The van der Waals surface area contributed by atoms with E-state index in [-0.39, 0.29) is 0 Å². The first kappa shape index (κ1) is 11.4. The molecular weight excluding hydrogens is 188 g/mol. The van der Waals surface area contributed by atoms with Crippen molar-refractivity contribution in [2.75, 3.05) is 6.61 Å². The van der Waals surface area contributed by atoms with E-state index in [1.807, 2.05) is 0 Å². The Bertz CT molecular complexity index is 199. The topological polar surface area (TPSA) is 29.5 Å². The molecule has 0 spiro atoms. The van der Waals surface area contributed by atoms with E-state index in [1.165, 1.54) is 25.7 Å². The fourth-order valence-electron chi connectivity index (χ4n) is 3.20. The molecule has 2 rings (SSSR count). The molecule has 1 heterocycles. The van der Waals surface area contributed by atoms with E-state index in [2.05, 4.69) is 6.92 Å². The van der Waals surface area contributed by atoms with E-state index >= 15 is 0 Å². The highest BCUT2D eigenvalue weighted by molar-refractivity contribution is 4.88. The van der Waals surface area contributed by atoms with E-state index in [9.17, 15) is 5.11 Å². The highest BCUT2D eigenvalue weighted by atomic mass is 16.5. The van der Waals surface area contributed by atoms with Gasteiger partial charge in [0.15, 0.2) is 0 Å². The maximum absolute atomic E-state index is 10.6. The molecule has 2 heteroatoms. The van der Waals surface area contributed by atoms with Gasteiger partial charge in [-0.1, -0.05) is 32.6 Å². The average molecular weight is 212 g/mol. The largest absolute Gasteiger partial charge is 0.390 e. The first-order valence-corrected chi connectivity index (χ1v) is 6.56. The lowest BCUT2D eigenvalue weighted by molar-refractivity contribution is -0.113. The van der Waals surface area contributed by atoms with Gasteiger partial charge in [-0.05, 0) is 25.2 Å². The van der Waals surface area contributed by atoms with Gasteiger partial charge in [-0.2, -0.15) is 0 Å². The Kier molecular flexibility index (Phi) is 3.68. The highest BCUT2D eigenvalue weighted by Gasteiger charge is 2.36. The number of ether oxygens (including phenoxy) is 1. The van der Waals surface area contributed by atoms with Crippen LogP contribution < -0.4 is 0 Å². The number of hydrogen-bond acceptors (Lipinski definition) is 2. The van der Waals surface area contributed by atoms with Crippen LogP contribution in [0.3, 0.4) is 0 Å². The molecule has 0 bridgehead atoms. The van der Waals surface area contributed by atoms with Gasteiger partial charge >= 0.3 is 0 Å². The maximum atomic E-state index is 10.6. The molecule has 0 aromatic heterocycles. The summed E-state index contributed by atoms with van der Waals surface area (Å²) in [6.07, 6.45) is 9.47. The zero-order valence-electron chi connectivity index (χ0n) is 9.87. The average Bonchev–Trinajstić information content (AvgIpc) is 2.69. The van der Waals surface area contributed by atoms with Gasteiger partial charge in [0.2, 0.25) is 0 Å². The summed E-state index contributed by atoms with van der Waals surface area (Å²) < 4.78 is 5.63. The molecule has 1 N–H and O–H groups in total. The van der Waals surface area contributed by atoms with Crippen LogP contribution in [0.25, 0.3) is 0 Å². The predicted octanol–water partition coefficient (Wildman–Crippen LogP) is 2.89. The second-order valence-electron chi connectivity index (χ2n) is 5.43. The molecule has 0 amide bonds. The van der Waals surface area contributed by atoms with Crippen molar-refractivity contribution in [1.82, 2.24) is 0 Å². The Morgan fingerprint density at radius 1 is 1.33 bits per heavy atom. The van der Waals surface area contributed by atoms with Crippen molar-refractivity contribution in [2.24, 2.45) is 5.92 Å². The third-order valence-electron chi connectivity index (χ3n) is 4.13. The summed E-state index contributed by atoms with van der Waals surface area (Å²) >= 11 is 0. The van der Waals surface area contributed by atoms with Crippen molar-refractivity contribution >= 4 is 0 Å². The SMILES string of the molecule is CCC1CC(O)(CC2CCCC2)CCO1. The molecule has 2 aliphatic rings. The van der Waals surface area contributed by atoms with Gasteiger partial charge < -0.3 is 9.84 Å². The standard InChI is InChI=1S/C13H24O2/c1-2-12-10-13(14,7-8-15-12)9-11-5-3-4-6-11/h11-12,14H,2-10H2,1H3. The number of aliphatic hydroxyl groups is 1. The van der Waals surface area contributed by atoms with Gasteiger partial charge in [-0.3, -0.25) is 0 Å². The van der Waals surface area contributed by atoms with Crippen LogP contribution in [0.1, 0.15) is 58.3 Å². The van der Waals surface area contributed by atoms with Gasteiger partial charge in [0, 0.05) is 13.0 Å². The van der Waals surface area contributed by atoms with Gasteiger partial charge in [0.25, 0.3) is 0 Å². The predicted molar refractivity (Wildman–Crippen MR) is 60.8 cm³/mol. The van der Waals surface area contributed by atoms with Crippen LogP contribution in [0.4, 0.5) is 0 Å². The van der Waals surface area contributed by atoms with Crippen molar-refractivity contribution in [3.63, 3.8) is 0 Å². The quantitative estimate of drug-likeness (QED) is 0.779. The van der Waals surface area contributed by atoms with E-state index in [0.29, 0.717) is 6.10 Å². The van der Waals surface area contributed by atoms with E-state index in [1.54, 1.807) is 0 Å². The van der Waals surface area contributed by atoms with E-state index in [0.717, 1.165) is 38.2 Å². The molecule has 2 nitrogen and oxygen atoms in total. The van der Waals surface area contributed by atoms with Gasteiger partial charge in [0.05, 0.1) is 11.7 Å². The molecular formula is C13H24O2. The second kappa shape index (κ2) is 4.84. The first-order valence-electron chi connectivity index (χ1n) is 6.56. The summed E-state index contributed by atoms with van der Waals surface area (Å²) in [7, 11) is 0. The van der Waals surface area contributed by atoms with Crippen LogP contribution in [0.2, 0.25) is 0 Å². The Balaban J connectivity index is 1.87. The van der Waals surface area contributed by atoms with Gasteiger partial charge in [-0.15, -0.1) is 0 Å². The molecule has 0 aromatic rings. The van der Waals surface area contributed by atoms with Crippen molar-refractivity contribution in [1.29, 1.82) is 0 Å². The van der Waals surface area contributed by atoms with Crippen LogP contribution in [0.5, 0.6) is 0 Å². The van der Waals surface area contributed by atoms with Crippen molar-refractivity contribution in [3.05, 3.63) is 0 Å². The molecule has 2 fully saturated rings. The van der Waals surface area contributed by atoms with Crippen molar-refractivity contribution in [2.45, 2.75) is 70.0 Å². The van der Waals surface area contributed by atoms with Crippen LogP contribution in [0.15, 0.2) is 0 Å². The normalized spacial score (nSPS) is 38.4. The summed E-state index contributed by atoms with van der Waals surface area (Å²) in [4.78, 5) is 0. The Hall–Kier alpha value is -0.0800. The third kappa shape index (κ3) is 2.94. The molecule has 2 unspecified atom stereocenters. The summed E-state index contributed by atoms with van der Waals surface area (Å²) in [5, 5.41) is 10.6. The first-order chi connectivity index (χ1) is 7.22. The minimum absolute atomic E-state index is 0.296. The van der Waals surface area contributed by atoms with E-state index < -0.39 is 5.60 Å². The maximum Gasteiger partial charge on any atom is 0.0697 e. The molecule has 1 saturated heterocycles. The summed E-state index contributed by atoms with van der Waals surface area (Å²) in [5.41, 5.74) is -0.409. The zero-order valence-corrected chi connectivity index (χ0v) is 9.87. The van der Waals surface area contributed by atoms with Gasteiger partial charge in [-0.25, -0.2) is 0 Å². The van der Waals surface area contributed by atoms with Crippen molar-refractivity contribution in [3.8, 4) is 0 Å². The highest BCUT2D eigenvalue weighted by Crippen LogP contribution is 2.37. The van der Waals surface area contributed by atoms with E-state index in [4.69, 9.17) is 4.74 Å². The van der Waals surface area contributed by atoms with Crippen LogP contribution >= 0.6 is 0 Å². The summed E-state index contributed by atoms with van der Waals surface area (Å²) in [5.74, 6) is 0.783. The lowest BCUT2D eigenvalue weighted by Crippen LogP contribution is -2.41. The Morgan fingerprint density at radius 3 is 2.73 bits per heavy atom. The number of rotatable bonds is 3. The van der Waals surface area contributed by atoms with Gasteiger partial charge in [0.1, 0.15) is 0 Å². The minimum atomic E-state index is -0.409.